The third-order valence-electron chi connectivity index (χ3n) is 3.72. The Balaban J connectivity index is 3.45. The maximum atomic E-state index is 11.7. The van der Waals surface area contributed by atoms with Crippen molar-refractivity contribution in [3.63, 3.8) is 0 Å². The Kier molecular flexibility index (Phi) is 15.0. The van der Waals surface area contributed by atoms with Gasteiger partial charge in [0.1, 0.15) is 6.04 Å². The Hall–Kier alpha value is -1.70. The molecule has 0 aliphatic heterocycles. The molecule has 1 N–H and O–H groups in total. The van der Waals surface area contributed by atoms with E-state index in [0.29, 0.717) is 6.61 Å². The summed E-state index contributed by atoms with van der Waals surface area (Å²) >= 11 is 0. The van der Waals surface area contributed by atoms with Crippen molar-refractivity contribution in [2.75, 3.05) is 13.2 Å². The summed E-state index contributed by atoms with van der Waals surface area (Å²) in [4.78, 5) is 22.9. The lowest BCUT2D eigenvalue weighted by Crippen LogP contribution is -2.40. The van der Waals surface area contributed by atoms with E-state index in [1.807, 2.05) is 0 Å². The minimum absolute atomic E-state index is 0.119. The lowest BCUT2D eigenvalue weighted by Gasteiger charge is -2.12. The minimum Gasteiger partial charge on any atom is -0.464 e. The van der Waals surface area contributed by atoms with E-state index in [0.717, 1.165) is 12.8 Å². The molecular weight excluding hydrogens is 306 g/mol. The number of esters is 1. The Morgan fingerprint density at radius 2 is 1.50 bits per heavy atom. The van der Waals surface area contributed by atoms with E-state index in [-0.39, 0.29) is 6.61 Å². The van der Waals surface area contributed by atoms with E-state index < -0.39 is 18.1 Å². The molecule has 0 aromatic heterocycles. The molecule has 0 aromatic carbocycles. The highest BCUT2D eigenvalue weighted by atomic mass is 16.6. The van der Waals surface area contributed by atoms with Crippen LogP contribution in [0.5, 0.6) is 0 Å². The van der Waals surface area contributed by atoms with Crippen LogP contribution in [0.3, 0.4) is 0 Å². The Bertz CT molecular complexity index is 376. The Morgan fingerprint density at radius 1 is 0.958 bits per heavy atom. The zero-order valence-electron chi connectivity index (χ0n) is 15.3. The van der Waals surface area contributed by atoms with Crippen LogP contribution in [-0.2, 0) is 14.3 Å². The summed E-state index contributed by atoms with van der Waals surface area (Å²) in [5, 5.41) is 2.37. The summed E-state index contributed by atoms with van der Waals surface area (Å²) in [6, 6.07) is -0.738. The molecule has 1 amide bonds. The number of terminal acetylenes is 1. The van der Waals surface area contributed by atoms with E-state index in [4.69, 9.17) is 11.2 Å². The van der Waals surface area contributed by atoms with Crippen molar-refractivity contribution < 1.29 is 19.1 Å². The predicted molar refractivity (Wildman–Crippen MR) is 95.6 cm³/mol. The summed E-state index contributed by atoms with van der Waals surface area (Å²) in [5.41, 5.74) is 0. The number of nitrogens with one attached hydrogen (secondary N) is 1. The van der Waals surface area contributed by atoms with Gasteiger partial charge in [0.15, 0.2) is 6.61 Å². The predicted octanol–water partition coefficient (Wildman–Crippen LogP) is 4.20. The summed E-state index contributed by atoms with van der Waals surface area (Å²) in [6.45, 7) is 4.06. The molecule has 0 bridgehead atoms. The second kappa shape index (κ2) is 16.2. The fraction of sp³-hybridized carbons (Fsp3) is 0.789. The first-order valence-corrected chi connectivity index (χ1v) is 9.15. The smallest absolute Gasteiger partial charge is 0.408 e. The van der Waals surface area contributed by atoms with Gasteiger partial charge in [-0.3, -0.25) is 0 Å². The highest BCUT2D eigenvalue weighted by Crippen LogP contribution is 2.10. The van der Waals surface area contributed by atoms with Gasteiger partial charge in [-0.1, -0.05) is 70.6 Å². The van der Waals surface area contributed by atoms with Gasteiger partial charge in [0.2, 0.25) is 0 Å². The van der Waals surface area contributed by atoms with Gasteiger partial charge in [0.25, 0.3) is 0 Å². The van der Waals surface area contributed by atoms with Crippen LogP contribution >= 0.6 is 0 Å². The summed E-state index contributed by atoms with van der Waals surface area (Å²) in [5.74, 6) is 1.72. The fourth-order valence-electron chi connectivity index (χ4n) is 2.27. The summed E-state index contributed by atoms with van der Waals surface area (Å²) in [6.07, 6.45) is 16.6. The first kappa shape index (κ1) is 22.3. The number of unbranched alkanes of at least 4 members (excludes halogenated alkanes) is 9. The van der Waals surface area contributed by atoms with Crippen LogP contribution < -0.4 is 5.32 Å². The average Bonchev–Trinajstić information content (AvgIpc) is 2.57. The van der Waals surface area contributed by atoms with Crippen molar-refractivity contribution in [1.82, 2.24) is 5.32 Å². The minimum atomic E-state index is -0.738. The van der Waals surface area contributed by atoms with Crippen molar-refractivity contribution in [3.8, 4) is 12.3 Å². The van der Waals surface area contributed by atoms with Gasteiger partial charge in [-0.25, -0.2) is 9.59 Å². The Labute approximate surface area is 146 Å². The molecule has 0 aromatic rings. The monoisotopic (exact) mass is 339 g/mol. The van der Waals surface area contributed by atoms with Crippen LogP contribution in [0.15, 0.2) is 0 Å². The zero-order chi connectivity index (χ0) is 18.0. The second-order valence-electron chi connectivity index (χ2n) is 6.00. The van der Waals surface area contributed by atoms with Gasteiger partial charge < -0.3 is 14.8 Å². The lowest BCUT2D eigenvalue weighted by atomic mass is 10.1. The van der Waals surface area contributed by atoms with Crippen LogP contribution in [0.2, 0.25) is 0 Å². The number of carbonyl (C=O) groups excluding carboxylic acids is 2. The molecule has 0 aliphatic rings. The summed E-state index contributed by atoms with van der Waals surface area (Å²) in [7, 11) is 0. The molecule has 1 unspecified atom stereocenters. The van der Waals surface area contributed by atoms with Gasteiger partial charge in [0.05, 0.1) is 6.61 Å². The fourth-order valence-corrected chi connectivity index (χ4v) is 2.27. The normalized spacial score (nSPS) is 11.4. The third-order valence-corrected chi connectivity index (χ3v) is 3.72. The molecule has 138 valence electrons. The van der Waals surface area contributed by atoms with Gasteiger partial charge in [0, 0.05) is 0 Å². The topological polar surface area (TPSA) is 64.6 Å². The van der Waals surface area contributed by atoms with Gasteiger partial charge in [-0.2, -0.15) is 0 Å². The van der Waals surface area contributed by atoms with E-state index in [1.54, 1.807) is 6.92 Å². The second-order valence-corrected chi connectivity index (χ2v) is 6.00. The SMILES string of the molecule is C#CCOC(=O)NC(C)C(=O)OCCCCCCCCCCCC. The third kappa shape index (κ3) is 13.9. The zero-order valence-corrected chi connectivity index (χ0v) is 15.3. The highest BCUT2D eigenvalue weighted by Gasteiger charge is 2.17. The molecule has 0 radical (unpaired) electrons. The van der Waals surface area contributed by atoms with E-state index in [9.17, 15) is 9.59 Å². The maximum absolute atomic E-state index is 11.7. The Morgan fingerprint density at radius 3 is 2.04 bits per heavy atom. The molecule has 24 heavy (non-hydrogen) atoms. The number of hydrogen-bond acceptors (Lipinski definition) is 4. The number of amides is 1. The average molecular weight is 339 g/mol. The van der Waals surface area contributed by atoms with Gasteiger partial charge >= 0.3 is 12.1 Å². The van der Waals surface area contributed by atoms with Crippen LogP contribution in [0.4, 0.5) is 4.79 Å². The molecule has 1 atom stereocenters. The highest BCUT2D eigenvalue weighted by molar-refractivity contribution is 5.80. The maximum Gasteiger partial charge on any atom is 0.408 e. The van der Waals surface area contributed by atoms with E-state index >= 15 is 0 Å². The van der Waals surface area contributed by atoms with E-state index in [1.165, 1.54) is 51.4 Å². The first-order chi connectivity index (χ1) is 11.6. The largest absolute Gasteiger partial charge is 0.464 e. The number of hydrogen-bond donors (Lipinski definition) is 1. The van der Waals surface area contributed by atoms with Crippen molar-refractivity contribution in [1.29, 1.82) is 0 Å². The van der Waals surface area contributed by atoms with Crippen LogP contribution in [0, 0.1) is 12.3 Å². The molecule has 0 aliphatic carbocycles. The van der Waals surface area contributed by atoms with Gasteiger partial charge in [-0.05, 0) is 13.3 Å². The van der Waals surface area contributed by atoms with E-state index in [2.05, 4.69) is 22.9 Å². The first-order valence-electron chi connectivity index (χ1n) is 9.15. The quantitative estimate of drug-likeness (QED) is 0.293. The van der Waals surface area contributed by atoms with Crippen LogP contribution in [-0.4, -0.2) is 31.3 Å². The molecule has 5 nitrogen and oxygen atoms in total. The molecule has 0 heterocycles. The number of alkyl carbamates (subject to hydrolysis) is 1. The lowest BCUT2D eigenvalue weighted by molar-refractivity contribution is -0.145. The van der Waals surface area contributed by atoms with Crippen molar-refractivity contribution in [3.05, 3.63) is 0 Å². The molecular formula is C19H33NO4. The molecule has 0 fully saturated rings. The molecule has 5 heteroatoms. The van der Waals surface area contributed by atoms with Crippen molar-refractivity contribution in [2.24, 2.45) is 0 Å². The van der Waals surface area contributed by atoms with Crippen LogP contribution in [0.25, 0.3) is 0 Å². The molecule has 0 saturated carbocycles. The summed E-state index contributed by atoms with van der Waals surface area (Å²) < 4.78 is 9.76. The van der Waals surface area contributed by atoms with Crippen LogP contribution in [0.1, 0.15) is 78.1 Å². The molecule has 0 rings (SSSR count). The standard InChI is InChI=1S/C19H33NO4/c1-4-6-7-8-9-10-11-12-13-14-16-23-18(21)17(3)20-19(22)24-15-5-2/h2,17H,4,6-16H2,1,3H3,(H,20,22). The molecule has 0 saturated heterocycles. The van der Waals surface area contributed by atoms with Gasteiger partial charge in [-0.15, -0.1) is 6.42 Å². The van der Waals surface area contributed by atoms with Crippen molar-refractivity contribution in [2.45, 2.75) is 84.1 Å². The molecule has 0 spiro atoms. The number of ether oxygens (including phenoxy) is 2. The number of rotatable bonds is 14. The van der Waals surface area contributed by atoms with Crippen molar-refractivity contribution >= 4 is 12.1 Å². The number of carbonyl (C=O) groups is 2.